The molecule has 22 heavy (non-hydrogen) atoms. The number of halogens is 4. The maximum Gasteiger partial charge on any atom is 0.573 e. The van der Waals surface area contributed by atoms with Crippen molar-refractivity contribution in [2.75, 3.05) is 0 Å². The van der Waals surface area contributed by atoms with Crippen molar-refractivity contribution >= 4 is 0 Å². The minimum atomic E-state index is -4.74. The van der Waals surface area contributed by atoms with Crippen LogP contribution in [-0.2, 0) is 6.42 Å². The maximum atomic E-state index is 13.9. The van der Waals surface area contributed by atoms with Gasteiger partial charge in [-0.2, -0.15) is 0 Å². The molecule has 0 heterocycles. The van der Waals surface area contributed by atoms with E-state index in [2.05, 4.69) is 17.4 Å². The first-order chi connectivity index (χ1) is 10.4. The van der Waals surface area contributed by atoms with Crippen LogP contribution in [0.2, 0.25) is 0 Å². The predicted octanol–water partition coefficient (Wildman–Crippen LogP) is 5.31. The van der Waals surface area contributed by atoms with Crippen LogP contribution in [0.1, 0.15) is 12.0 Å². The smallest absolute Gasteiger partial charge is 0.406 e. The van der Waals surface area contributed by atoms with Crippen LogP contribution in [0.25, 0.3) is 11.1 Å². The van der Waals surface area contributed by atoms with E-state index in [0.717, 1.165) is 24.1 Å². The molecule has 0 aliphatic rings. The van der Waals surface area contributed by atoms with Crippen molar-refractivity contribution < 1.29 is 22.3 Å². The molecule has 2 rings (SSSR count). The summed E-state index contributed by atoms with van der Waals surface area (Å²) in [5.41, 5.74) is 1.63. The Hall–Kier alpha value is -2.30. The molecule has 0 saturated carbocycles. The van der Waals surface area contributed by atoms with Crippen LogP contribution in [0.3, 0.4) is 0 Å². The number of rotatable bonds is 5. The molecule has 115 valence electrons. The molecule has 0 aromatic heterocycles. The van der Waals surface area contributed by atoms with Gasteiger partial charge in [0.05, 0.1) is 0 Å². The van der Waals surface area contributed by atoms with Crippen LogP contribution in [0, 0.1) is 11.9 Å². The van der Waals surface area contributed by atoms with Gasteiger partial charge >= 0.3 is 6.36 Å². The second kappa shape index (κ2) is 6.64. The highest BCUT2D eigenvalue weighted by molar-refractivity contribution is 5.65. The van der Waals surface area contributed by atoms with Gasteiger partial charge in [0.25, 0.3) is 0 Å². The number of alkyl halides is 3. The van der Waals surface area contributed by atoms with Gasteiger partial charge < -0.3 is 4.74 Å². The average Bonchev–Trinajstić information content (AvgIpc) is 2.46. The van der Waals surface area contributed by atoms with Gasteiger partial charge in [0.15, 0.2) is 0 Å². The molecule has 1 radical (unpaired) electrons. The van der Waals surface area contributed by atoms with Crippen LogP contribution in [0.5, 0.6) is 5.75 Å². The third-order valence-electron chi connectivity index (χ3n) is 2.99. The predicted molar refractivity (Wildman–Crippen MR) is 75.9 cm³/mol. The lowest BCUT2D eigenvalue weighted by Crippen LogP contribution is -2.16. The van der Waals surface area contributed by atoms with E-state index in [9.17, 15) is 17.6 Å². The van der Waals surface area contributed by atoms with Gasteiger partial charge in [0.1, 0.15) is 11.6 Å². The van der Waals surface area contributed by atoms with Crippen LogP contribution in [0.4, 0.5) is 17.6 Å². The fraction of sp³-hybridized carbons (Fsp3) is 0.176. The fourth-order valence-corrected chi connectivity index (χ4v) is 1.98. The molecule has 5 heteroatoms. The lowest BCUT2D eigenvalue weighted by molar-refractivity contribution is -0.274. The summed E-state index contributed by atoms with van der Waals surface area (Å²) in [5, 5.41) is 0. The van der Waals surface area contributed by atoms with Crippen molar-refractivity contribution in [1.29, 1.82) is 0 Å². The van der Waals surface area contributed by atoms with Crippen LogP contribution in [0.15, 0.2) is 49.1 Å². The molecule has 0 fully saturated rings. The number of ether oxygens (including phenoxy) is 1. The summed E-state index contributed by atoms with van der Waals surface area (Å²) in [6.45, 7) is 3.62. The second-order valence-electron chi connectivity index (χ2n) is 4.64. The zero-order valence-corrected chi connectivity index (χ0v) is 11.6. The molecule has 0 spiro atoms. The molecule has 0 amide bonds. The highest BCUT2D eigenvalue weighted by atomic mass is 19.4. The Morgan fingerprint density at radius 3 is 2.45 bits per heavy atom. The minimum Gasteiger partial charge on any atom is -0.406 e. The van der Waals surface area contributed by atoms with E-state index in [4.69, 9.17) is 0 Å². The van der Waals surface area contributed by atoms with E-state index in [-0.39, 0.29) is 5.75 Å². The molecule has 0 saturated heterocycles. The topological polar surface area (TPSA) is 9.23 Å². The second-order valence-corrected chi connectivity index (χ2v) is 4.64. The zero-order valence-electron chi connectivity index (χ0n) is 11.6. The number of hydrogen-bond donors (Lipinski definition) is 0. The summed E-state index contributed by atoms with van der Waals surface area (Å²) in [7, 11) is 0. The van der Waals surface area contributed by atoms with E-state index in [1.165, 1.54) is 12.1 Å². The molecule has 0 atom stereocenters. The van der Waals surface area contributed by atoms with Crippen molar-refractivity contribution in [3.05, 3.63) is 66.5 Å². The first-order valence-corrected chi connectivity index (χ1v) is 6.56. The van der Waals surface area contributed by atoms with Gasteiger partial charge in [-0.05, 0) is 48.2 Å². The van der Waals surface area contributed by atoms with Crippen molar-refractivity contribution in [3.63, 3.8) is 0 Å². The van der Waals surface area contributed by atoms with Gasteiger partial charge in [-0.25, -0.2) is 4.39 Å². The molecule has 2 aromatic carbocycles. The normalized spacial score (nSPS) is 11.3. The fourth-order valence-electron chi connectivity index (χ4n) is 1.98. The SMILES string of the molecule is C=CCCc1c[c]c(F)c(-c2ccc(OC(F)(F)F)cc2)c1. The van der Waals surface area contributed by atoms with Gasteiger partial charge in [-0.15, -0.1) is 19.8 Å². The van der Waals surface area contributed by atoms with Crippen molar-refractivity contribution in [3.8, 4) is 16.9 Å². The molecule has 0 unspecified atom stereocenters. The quantitative estimate of drug-likeness (QED) is 0.537. The first-order valence-electron chi connectivity index (χ1n) is 6.56. The summed E-state index contributed by atoms with van der Waals surface area (Å²) < 4.78 is 54.0. The highest BCUT2D eigenvalue weighted by Gasteiger charge is 2.30. The van der Waals surface area contributed by atoms with Crippen molar-refractivity contribution in [1.82, 2.24) is 0 Å². The van der Waals surface area contributed by atoms with Gasteiger partial charge in [-0.1, -0.05) is 18.2 Å². The van der Waals surface area contributed by atoms with E-state index in [0.29, 0.717) is 17.5 Å². The Morgan fingerprint density at radius 2 is 1.86 bits per heavy atom. The minimum absolute atomic E-state index is 0.292. The Morgan fingerprint density at radius 1 is 1.18 bits per heavy atom. The lowest BCUT2D eigenvalue weighted by Gasteiger charge is -2.10. The number of benzene rings is 2. The van der Waals surface area contributed by atoms with E-state index < -0.39 is 12.2 Å². The van der Waals surface area contributed by atoms with Crippen molar-refractivity contribution in [2.24, 2.45) is 0 Å². The summed E-state index contributed by atoms with van der Waals surface area (Å²) >= 11 is 0. The van der Waals surface area contributed by atoms with Crippen LogP contribution >= 0.6 is 0 Å². The third-order valence-corrected chi connectivity index (χ3v) is 2.99. The monoisotopic (exact) mass is 309 g/mol. The van der Waals surface area contributed by atoms with Gasteiger partial charge in [-0.3, -0.25) is 0 Å². The largest absolute Gasteiger partial charge is 0.573 e. The Labute approximate surface area is 125 Å². The third kappa shape index (κ3) is 4.35. The number of hydrogen-bond acceptors (Lipinski definition) is 1. The summed E-state index contributed by atoms with van der Waals surface area (Å²) in [6.07, 6.45) is -1.54. The molecule has 0 aliphatic heterocycles. The Bertz CT molecular complexity index is 645. The first kappa shape index (κ1) is 16.1. The molecular formula is C17H13F4O. The summed E-state index contributed by atoms with van der Waals surface area (Å²) in [6, 6.07) is 10.8. The summed E-state index contributed by atoms with van der Waals surface area (Å²) in [4.78, 5) is 0. The molecule has 0 bridgehead atoms. The lowest BCUT2D eigenvalue weighted by atomic mass is 10.0. The zero-order chi connectivity index (χ0) is 16.2. The highest BCUT2D eigenvalue weighted by Crippen LogP contribution is 2.28. The van der Waals surface area contributed by atoms with E-state index >= 15 is 0 Å². The van der Waals surface area contributed by atoms with E-state index in [1.54, 1.807) is 18.2 Å². The molecular weight excluding hydrogens is 296 g/mol. The van der Waals surface area contributed by atoms with Gasteiger partial charge in [0.2, 0.25) is 0 Å². The molecule has 2 aromatic rings. The Balaban J connectivity index is 2.25. The number of aryl methyl sites for hydroxylation is 1. The van der Waals surface area contributed by atoms with Crippen LogP contribution in [-0.4, -0.2) is 6.36 Å². The molecule has 0 N–H and O–H groups in total. The van der Waals surface area contributed by atoms with Gasteiger partial charge in [0, 0.05) is 11.6 Å². The van der Waals surface area contributed by atoms with E-state index in [1.807, 2.05) is 0 Å². The van der Waals surface area contributed by atoms with Crippen molar-refractivity contribution in [2.45, 2.75) is 19.2 Å². The maximum absolute atomic E-state index is 13.9. The van der Waals surface area contributed by atoms with Crippen LogP contribution < -0.4 is 4.74 Å². The summed E-state index contributed by atoms with van der Waals surface area (Å²) in [5.74, 6) is -0.893. The average molecular weight is 309 g/mol. The molecule has 1 nitrogen and oxygen atoms in total. The standard InChI is InChI=1S/C17H13F4O/c1-2-3-4-12-5-10-16(18)15(11-12)13-6-8-14(9-7-13)22-17(19,20)21/h2,5-9,11H,1,3-4H2. The molecule has 0 aliphatic carbocycles. The number of allylic oxidation sites excluding steroid dienone is 1. The Kier molecular flexibility index (Phi) is 4.85.